The molecule has 2 aliphatic heterocycles. The number of hydrogen-bond acceptors (Lipinski definition) is 8. The molecule has 2 fully saturated rings. The van der Waals surface area contributed by atoms with Crippen molar-refractivity contribution in [2.45, 2.75) is 75.8 Å². The van der Waals surface area contributed by atoms with Gasteiger partial charge in [-0.15, -0.1) is 0 Å². The van der Waals surface area contributed by atoms with Gasteiger partial charge in [0.1, 0.15) is 10.6 Å². The van der Waals surface area contributed by atoms with Crippen LogP contribution in [0.5, 0.6) is 5.75 Å². The standard InChI is InChI=1S/C37H47Cl3N6O5S/c1-7-51-30-21-29(40)31(52(49,50)44-23(2)3)20-28(30)37(35(48)46-18-16-45(17-19-46)22-32(47)41-36(4,5)6)42-33(24-8-12-26(38)13-9-24)34(43-37)25-10-14-27(39)15-11-25/h8-15,20-21,23,33-34,42-44H,7,16-19,22H2,1-6H3,(H,41,47)/t33-,34+,37?. The fourth-order valence-electron chi connectivity index (χ4n) is 6.65. The van der Waals surface area contributed by atoms with Gasteiger partial charge in [0, 0.05) is 59.4 Å². The summed E-state index contributed by atoms with van der Waals surface area (Å²) in [5.41, 5.74) is -0.145. The molecule has 11 nitrogen and oxygen atoms in total. The summed E-state index contributed by atoms with van der Waals surface area (Å²) < 4.78 is 36.1. The zero-order valence-electron chi connectivity index (χ0n) is 30.2. The maximum atomic E-state index is 15.3. The lowest BCUT2D eigenvalue weighted by atomic mass is 9.95. The van der Waals surface area contributed by atoms with Crippen LogP contribution in [0.4, 0.5) is 0 Å². The number of hydrogen-bond donors (Lipinski definition) is 4. The van der Waals surface area contributed by atoms with Crippen LogP contribution in [0, 0.1) is 0 Å². The minimum Gasteiger partial charge on any atom is -0.493 e. The van der Waals surface area contributed by atoms with Crippen molar-refractivity contribution in [3.8, 4) is 5.75 Å². The summed E-state index contributed by atoms with van der Waals surface area (Å²) in [7, 11) is -4.12. The second-order valence-corrected chi connectivity index (χ2v) is 17.4. The summed E-state index contributed by atoms with van der Waals surface area (Å²) in [6.07, 6.45) is 0. The highest BCUT2D eigenvalue weighted by molar-refractivity contribution is 7.89. The van der Waals surface area contributed by atoms with Gasteiger partial charge in [-0.2, -0.15) is 0 Å². The molecule has 2 saturated heterocycles. The van der Waals surface area contributed by atoms with Crippen LogP contribution < -0.4 is 25.4 Å². The average molecular weight is 794 g/mol. The Morgan fingerprint density at radius 2 is 1.42 bits per heavy atom. The van der Waals surface area contributed by atoms with E-state index in [0.717, 1.165) is 11.1 Å². The van der Waals surface area contributed by atoms with Crippen LogP contribution >= 0.6 is 34.8 Å². The van der Waals surface area contributed by atoms with Crippen molar-refractivity contribution >= 4 is 56.6 Å². The molecule has 2 amide bonds. The normalized spacial score (nSPS) is 21.4. The van der Waals surface area contributed by atoms with Gasteiger partial charge < -0.3 is 15.0 Å². The monoisotopic (exact) mass is 792 g/mol. The number of benzene rings is 3. The van der Waals surface area contributed by atoms with Gasteiger partial charge in [0.25, 0.3) is 5.91 Å². The Labute approximate surface area is 321 Å². The van der Waals surface area contributed by atoms with Crippen LogP contribution in [0.15, 0.2) is 65.6 Å². The van der Waals surface area contributed by atoms with Crippen LogP contribution in [0.1, 0.15) is 70.3 Å². The topological polar surface area (TPSA) is 132 Å². The maximum Gasteiger partial charge on any atom is 0.262 e. The van der Waals surface area contributed by atoms with Crippen molar-refractivity contribution in [2.75, 3.05) is 39.3 Å². The first kappa shape index (κ1) is 40.2. The van der Waals surface area contributed by atoms with Crippen LogP contribution in [-0.4, -0.2) is 80.9 Å². The molecule has 2 aliphatic rings. The van der Waals surface area contributed by atoms with Crippen molar-refractivity contribution in [1.29, 1.82) is 0 Å². The number of rotatable bonds is 11. The quantitative estimate of drug-likeness (QED) is 0.197. The van der Waals surface area contributed by atoms with E-state index in [2.05, 4.69) is 20.7 Å². The zero-order chi connectivity index (χ0) is 38.0. The number of carbonyl (C=O) groups excluding carboxylic acids is 2. The third-order valence-electron chi connectivity index (χ3n) is 8.82. The van der Waals surface area contributed by atoms with Gasteiger partial charge in [0.05, 0.1) is 30.3 Å². The van der Waals surface area contributed by atoms with E-state index < -0.39 is 33.8 Å². The summed E-state index contributed by atoms with van der Waals surface area (Å²) in [5, 5.41) is 11.3. The van der Waals surface area contributed by atoms with Gasteiger partial charge in [0.2, 0.25) is 15.9 Å². The molecule has 3 aromatic carbocycles. The van der Waals surface area contributed by atoms with Crippen molar-refractivity contribution in [3.05, 3.63) is 92.4 Å². The molecule has 0 aromatic heterocycles. The molecule has 3 atom stereocenters. The van der Waals surface area contributed by atoms with Gasteiger partial charge in [-0.1, -0.05) is 59.1 Å². The van der Waals surface area contributed by atoms with E-state index in [0.29, 0.717) is 36.2 Å². The van der Waals surface area contributed by atoms with Crippen LogP contribution in [0.2, 0.25) is 15.1 Å². The van der Waals surface area contributed by atoms with Crippen LogP contribution in [0.25, 0.3) is 0 Å². The van der Waals surface area contributed by atoms with Crippen molar-refractivity contribution in [1.82, 2.24) is 30.5 Å². The molecule has 3 aromatic rings. The highest BCUT2D eigenvalue weighted by Crippen LogP contribution is 2.46. The molecule has 1 unspecified atom stereocenters. The Morgan fingerprint density at radius 1 is 0.904 bits per heavy atom. The van der Waals surface area contributed by atoms with Gasteiger partial charge in [0.15, 0.2) is 5.66 Å². The smallest absolute Gasteiger partial charge is 0.262 e. The van der Waals surface area contributed by atoms with E-state index in [4.69, 9.17) is 39.5 Å². The summed E-state index contributed by atoms with van der Waals surface area (Å²) in [6, 6.07) is 16.1. The molecule has 282 valence electrons. The number of nitrogens with one attached hydrogen (secondary N) is 4. The Kier molecular flexibility index (Phi) is 12.5. The number of piperazine rings is 1. The highest BCUT2D eigenvalue weighted by atomic mass is 35.5. The third-order valence-corrected chi connectivity index (χ3v) is 11.4. The summed E-state index contributed by atoms with van der Waals surface area (Å²) >= 11 is 19.3. The molecule has 5 rings (SSSR count). The summed E-state index contributed by atoms with van der Waals surface area (Å²) in [5.74, 6) is -0.190. The minimum atomic E-state index is -4.12. The largest absolute Gasteiger partial charge is 0.493 e. The lowest BCUT2D eigenvalue weighted by molar-refractivity contribution is -0.141. The Balaban J connectivity index is 1.64. The number of carbonyl (C=O) groups is 2. The van der Waals surface area contributed by atoms with E-state index in [1.807, 2.05) is 49.9 Å². The lowest BCUT2D eigenvalue weighted by Crippen LogP contribution is -2.62. The van der Waals surface area contributed by atoms with Crippen LogP contribution in [0.3, 0.4) is 0 Å². The van der Waals surface area contributed by atoms with Gasteiger partial charge in [-0.3, -0.25) is 25.1 Å². The average Bonchev–Trinajstić information content (AvgIpc) is 3.46. The molecule has 0 saturated carbocycles. The second kappa shape index (κ2) is 16.2. The number of halogens is 3. The second-order valence-electron chi connectivity index (χ2n) is 14.5. The number of sulfonamides is 1. The fourth-order valence-corrected chi connectivity index (χ4v) is 8.70. The van der Waals surface area contributed by atoms with Gasteiger partial charge >= 0.3 is 0 Å². The molecular formula is C37H47Cl3N6O5S. The molecule has 0 aliphatic carbocycles. The zero-order valence-corrected chi connectivity index (χ0v) is 33.3. The Bertz CT molecular complexity index is 1810. The molecule has 0 bridgehead atoms. The molecular weight excluding hydrogens is 747 g/mol. The summed E-state index contributed by atoms with van der Waals surface area (Å²) in [4.78, 5) is 31.6. The Morgan fingerprint density at radius 3 is 1.88 bits per heavy atom. The minimum absolute atomic E-state index is 0.0494. The maximum absolute atomic E-state index is 15.3. The summed E-state index contributed by atoms with van der Waals surface area (Å²) in [6.45, 7) is 13.0. The van der Waals surface area contributed by atoms with Gasteiger partial charge in [-0.05, 0) is 83.0 Å². The molecule has 4 N–H and O–H groups in total. The SMILES string of the molecule is CCOc1cc(Cl)c(S(=O)(=O)NC(C)C)cc1C1(C(=O)N2CCN(CC(=O)NC(C)(C)C)CC2)N[C@H](c2ccc(Cl)cc2)[C@H](c2ccc(Cl)cc2)N1. The molecule has 0 radical (unpaired) electrons. The third kappa shape index (κ3) is 9.22. The van der Waals surface area contributed by atoms with E-state index in [-0.39, 0.29) is 51.7 Å². The first-order chi connectivity index (χ1) is 24.4. The van der Waals surface area contributed by atoms with E-state index in [9.17, 15) is 13.2 Å². The van der Waals surface area contributed by atoms with E-state index in [1.54, 1.807) is 49.9 Å². The predicted molar refractivity (Wildman–Crippen MR) is 205 cm³/mol. The predicted octanol–water partition coefficient (Wildman–Crippen LogP) is 5.62. The fraction of sp³-hybridized carbons (Fsp3) is 0.459. The van der Waals surface area contributed by atoms with Crippen LogP contribution in [-0.2, 0) is 25.3 Å². The van der Waals surface area contributed by atoms with E-state index >= 15 is 4.79 Å². The molecule has 15 heteroatoms. The number of amides is 2. The van der Waals surface area contributed by atoms with Crippen molar-refractivity contribution in [2.24, 2.45) is 0 Å². The lowest BCUT2D eigenvalue weighted by Gasteiger charge is -2.40. The molecule has 2 heterocycles. The number of ether oxygens (including phenoxy) is 1. The van der Waals surface area contributed by atoms with E-state index in [1.165, 1.54) is 12.1 Å². The Hall–Kier alpha value is -2.94. The van der Waals surface area contributed by atoms with Crippen molar-refractivity contribution in [3.63, 3.8) is 0 Å². The first-order valence-corrected chi connectivity index (χ1v) is 19.9. The van der Waals surface area contributed by atoms with Gasteiger partial charge in [-0.25, -0.2) is 13.1 Å². The first-order valence-electron chi connectivity index (χ1n) is 17.3. The molecule has 0 spiro atoms. The highest BCUT2D eigenvalue weighted by Gasteiger charge is 2.55. The van der Waals surface area contributed by atoms with Crippen molar-refractivity contribution < 1.29 is 22.7 Å². The number of nitrogens with zero attached hydrogens (tertiary/aromatic N) is 2. The molecule has 52 heavy (non-hydrogen) atoms.